The molecule has 8 heteroatoms. The number of hydrogen-bond acceptors (Lipinski definition) is 4. The summed E-state index contributed by atoms with van der Waals surface area (Å²) < 4.78 is 48.6. The van der Waals surface area contributed by atoms with E-state index >= 15 is 0 Å². The number of halogens is 3. The van der Waals surface area contributed by atoms with E-state index in [0.717, 1.165) is 25.0 Å². The number of alkyl halides is 2. The Labute approximate surface area is 140 Å². The summed E-state index contributed by atoms with van der Waals surface area (Å²) in [6.07, 6.45) is -1.96. The van der Waals surface area contributed by atoms with E-state index in [2.05, 4.69) is 14.8 Å². The maximum Gasteiger partial charge on any atom is 0.586 e. The summed E-state index contributed by atoms with van der Waals surface area (Å²) in [6.45, 7) is 0. The molecule has 1 saturated carbocycles. The highest BCUT2D eigenvalue weighted by Gasteiger charge is 2.44. The van der Waals surface area contributed by atoms with Gasteiger partial charge in [-0.3, -0.25) is 4.79 Å². The van der Waals surface area contributed by atoms with E-state index in [4.69, 9.17) is 5.73 Å². The molecule has 1 aliphatic carbocycles. The smallest absolute Gasteiger partial charge is 0.398 e. The fourth-order valence-corrected chi connectivity index (χ4v) is 2.74. The molecular formula is C17H13F3N2O3. The van der Waals surface area contributed by atoms with Crippen molar-refractivity contribution in [3.8, 4) is 11.5 Å². The van der Waals surface area contributed by atoms with Crippen LogP contribution in [0.3, 0.4) is 0 Å². The molecule has 2 aromatic rings. The monoisotopic (exact) mass is 350 g/mol. The molecule has 5 nitrogen and oxygen atoms in total. The van der Waals surface area contributed by atoms with Gasteiger partial charge in [-0.1, -0.05) is 0 Å². The van der Waals surface area contributed by atoms with Crippen LogP contribution in [-0.2, 0) is 0 Å². The zero-order valence-electron chi connectivity index (χ0n) is 12.8. The van der Waals surface area contributed by atoms with Crippen LogP contribution in [-0.4, -0.2) is 12.2 Å². The number of rotatable bonds is 3. The maximum absolute atomic E-state index is 13.8. The first-order valence-electron chi connectivity index (χ1n) is 7.62. The Morgan fingerprint density at radius 1 is 1.16 bits per heavy atom. The number of nitrogen functional groups attached to an aromatic ring is 1. The predicted octanol–water partition coefficient (Wildman–Crippen LogP) is 3.86. The van der Waals surface area contributed by atoms with Gasteiger partial charge in [0.2, 0.25) is 0 Å². The number of ether oxygens (including phenoxy) is 2. The number of carbonyl (C=O) groups is 1. The van der Waals surface area contributed by atoms with E-state index in [1.165, 1.54) is 12.1 Å². The van der Waals surface area contributed by atoms with Gasteiger partial charge in [-0.15, -0.1) is 8.78 Å². The van der Waals surface area contributed by atoms with Gasteiger partial charge in [-0.25, -0.2) is 4.39 Å². The third kappa shape index (κ3) is 2.95. The van der Waals surface area contributed by atoms with Crippen LogP contribution in [0.5, 0.6) is 11.5 Å². The van der Waals surface area contributed by atoms with Crippen LogP contribution in [0, 0.1) is 5.82 Å². The zero-order valence-corrected chi connectivity index (χ0v) is 12.8. The lowest BCUT2D eigenvalue weighted by Gasteiger charge is -2.10. The largest absolute Gasteiger partial charge is 0.586 e. The molecule has 0 bridgehead atoms. The molecule has 0 unspecified atom stereocenters. The standard InChI is InChI=1S/C17H13F3N2O3/c18-12-4-3-9(5-10(12)8-1-2-8)22-16(23)11-6-14-15(7-13(11)21)25-17(19,20)24-14/h3-8H,1-2,21H2,(H,22,23). The average molecular weight is 350 g/mol. The van der Waals surface area contributed by atoms with Gasteiger partial charge in [0.05, 0.1) is 5.56 Å². The minimum atomic E-state index is -3.79. The lowest BCUT2D eigenvalue weighted by Crippen LogP contribution is -2.25. The topological polar surface area (TPSA) is 73.6 Å². The van der Waals surface area contributed by atoms with Crippen LogP contribution < -0.4 is 20.5 Å². The van der Waals surface area contributed by atoms with Crippen LogP contribution in [0.4, 0.5) is 24.5 Å². The molecule has 0 saturated heterocycles. The van der Waals surface area contributed by atoms with Gasteiger partial charge in [0.25, 0.3) is 5.91 Å². The molecule has 2 aliphatic rings. The average Bonchev–Trinajstić information content (AvgIpc) is 3.31. The quantitative estimate of drug-likeness (QED) is 0.825. The van der Waals surface area contributed by atoms with Crippen molar-refractivity contribution < 1.29 is 27.4 Å². The second kappa shape index (κ2) is 5.30. The third-order valence-electron chi connectivity index (χ3n) is 4.09. The molecule has 4 rings (SSSR count). The van der Waals surface area contributed by atoms with Gasteiger partial charge < -0.3 is 20.5 Å². The Kier molecular flexibility index (Phi) is 3.31. The van der Waals surface area contributed by atoms with Crippen LogP contribution in [0.15, 0.2) is 30.3 Å². The van der Waals surface area contributed by atoms with Gasteiger partial charge >= 0.3 is 6.29 Å². The summed E-state index contributed by atoms with van der Waals surface area (Å²) in [7, 11) is 0. The maximum atomic E-state index is 13.8. The number of nitrogens with two attached hydrogens (primary N) is 1. The summed E-state index contributed by atoms with van der Waals surface area (Å²) in [5.41, 5.74) is 6.61. The van der Waals surface area contributed by atoms with Gasteiger partial charge in [0.1, 0.15) is 5.82 Å². The summed E-state index contributed by atoms with van der Waals surface area (Å²) in [5, 5.41) is 2.59. The van der Waals surface area contributed by atoms with Crippen molar-refractivity contribution in [3.63, 3.8) is 0 Å². The van der Waals surface area contributed by atoms with Gasteiger partial charge in [0, 0.05) is 17.4 Å². The lowest BCUT2D eigenvalue weighted by atomic mass is 10.1. The summed E-state index contributed by atoms with van der Waals surface area (Å²) in [5.74, 6) is -1.27. The van der Waals surface area contributed by atoms with E-state index in [9.17, 15) is 18.0 Å². The molecule has 1 aliphatic heterocycles. The van der Waals surface area contributed by atoms with Crippen molar-refractivity contribution in [2.24, 2.45) is 0 Å². The van der Waals surface area contributed by atoms with Crippen molar-refractivity contribution in [2.45, 2.75) is 25.1 Å². The Bertz CT molecular complexity index is 882. The number of fused-ring (bicyclic) bond motifs is 1. The van der Waals surface area contributed by atoms with E-state index in [1.807, 2.05) is 0 Å². The Balaban J connectivity index is 1.59. The van der Waals surface area contributed by atoms with E-state index in [-0.39, 0.29) is 34.5 Å². The second-order valence-electron chi connectivity index (χ2n) is 6.02. The van der Waals surface area contributed by atoms with E-state index < -0.39 is 12.2 Å². The van der Waals surface area contributed by atoms with Gasteiger partial charge in [-0.05, 0) is 48.6 Å². The number of carbonyl (C=O) groups excluding carboxylic acids is 1. The van der Waals surface area contributed by atoms with Crippen molar-refractivity contribution in [1.82, 2.24) is 0 Å². The zero-order chi connectivity index (χ0) is 17.8. The fraction of sp³-hybridized carbons (Fsp3) is 0.235. The van der Waals surface area contributed by atoms with Crippen molar-refractivity contribution in [2.75, 3.05) is 11.1 Å². The van der Waals surface area contributed by atoms with Crippen LogP contribution in [0.25, 0.3) is 0 Å². The fourth-order valence-electron chi connectivity index (χ4n) is 2.74. The third-order valence-corrected chi connectivity index (χ3v) is 4.09. The highest BCUT2D eigenvalue weighted by molar-refractivity contribution is 6.08. The number of nitrogens with one attached hydrogen (secondary N) is 1. The molecule has 0 aromatic heterocycles. The van der Waals surface area contributed by atoms with Crippen molar-refractivity contribution in [1.29, 1.82) is 0 Å². The molecule has 1 fully saturated rings. The van der Waals surface area contributed by atoms with E-state index in [0.29, 0.717) is 11.3 Å². The predicted molar refractivity (Wildman–Crippen MR) is 83.4 cm³/mol. The number of anilines is 2. The number of hydrogen-bond donors (Lipinski definition) is 2. The first-order valence-corrected chi connectivity index (χ1v) is 7.62. The molecule has 2 aromatic carbocycles. The first-order chi connectivity index (χ1) is 11.8. The Morgan fingerprint density at radius 3 is 2.52 bits per heavy atom. The van der Waals surface area contributed by atoms with Crippen LogP contribution in [0.1, 0.15) is 34.7 Å². The molecular weight excluding hydrogens is 337 g/mol. The molecule has 25 heavy (non-hydrogen) atoms. The summed E-state index contributed by atoms with van der Waals surface area (Å²) in [6, 6.07) is 6.48. The minimum absolute atomic E-state index is 0.0397. The molecule has 130 valence electrons. The first kappa shape index (κ1) is 15.6. The SMILES string of the molecule is Nc1cc2c(cc1C(=O)Nc1ccc(F)c(C3CC3)c1)OC(F)(F)O2. The second-order valence-corrected chi connectivity index (χ2v) is 6.02. The highest BCUT2D eigenvalue weighted by atomic mass is 19.3. The molecule has 0 spiro atoms. The van der Waals surface area contributed by atoms with Crippen molar-refractivity contribution >= 4 is 17.3 Å². The van der Waals surface area contributed by atoms with Crippen LogP contribution >= 0.6 is 0 Å². The van der Waals surface area contributed by atoms with Crippen LogP contribution in [0.2, 0.25) is 0 Å². The molecule has 0 radical (unpaired) electrons. The normalized spacial score (nSPS) is 17.4. The minimum Gasteiger partial charge on any atom is -0.398 e. The lowest BCUT2D eigenvalue weighted by molar-refractivity contribution is -0.286. The number of benzene rings is 2. The molecule has 3 N–H and O–H groups in total. The van der Waals surface area contributed by atoms with Gasteiger partial charge in [-0.2, -0.15) is 0 Å². The molecule has 1 amide bonds. The van der Waals surface area contributed by atoms with Crippen molar-refractivity contribution in [3.05, 3.63) is 47.3 Å². The van der Waals surface area contributed by atoms with E-state index in [1.54, 1.807) is 6.07 Å². The molecule has 1 heterocycles. The number of amides is 1. The summed E-state index contributed by atoms with van der Waals surface area (Å²) in [4.78, 5) is 12.4. The summed E-state index contributed by atoms with van der Waals surface area (Å²) >= 11 is 0. The Morgan fingerprint density at radius 2 is 1.84 bits per heavy atom. The highest BCUT2D eigenvalue weighted by Crippen LogP contribution is 2.44. The Hall–Kier alpha value is -2.90. The molecule has 0 atom stereocenters. The van der Waals surface area contributed by atoms with Gasteiger partial charge in [0.15, 0.2) is 11.5 Å².